The van der Waals surface area contributed by atoms with E-state index in [1.165, 1.54) is 21.9 Å². The van der Waals surface area contributed by atoms with Crippen LogP contribution in [0.2, 0.25) is 0 Å². The zero-order chi connectivity index (χ0) is 9.97. The smallest absolute Gasteiger partial charge is 0.151 e. The zero-order valence-electron chi connectivity index (χ0n) is 7.79. The summed E-state index contributed by atoms with van der Waals surface area (Å²) < 4.78 is 14.1. The molecule has 0 saturated heterocycles. The Bertz CT molecular complexity index is 443. The van der Waals surface area contributed by atoms with Gasteiger partial charge in [0.15, 0.2) is 4.34 Å². The van der Waals surface area contributed by atoms with Gasteiger partial charge in [-0.2, -0.15) is 0 Å². The van der Waals surface area contributed by atoms with Crippen LogP contribution in [-0.2, 0) is 0 Å². The molecule has 1 heterocycles. The monoisotopic (exact) mass is 225 g/mol. The van der Waals surface area contributed by atoms with Gasteiger partial charge in [-0.05, 0) is 12.1 Å². The summed E-state index contributed by atoms with van der Waals surface area (Å²) in [5.41, 5.74) is 2.25. The molecular weight excluding hydrogens is 216 g/mol. The van der Waals surface area contributed by atoms with Crippen LogP contribution in [0, 0.1) is 0 Å². The van der Waals surface area contributed by atoms with E-state index in [9.17, 15) is 4.39 Å². The topological polar surface area (TPSA) is 12.9 Å². The summed E-state index contributed by atoms with van der Waals surface area (Å²) in [7, 11) is 2.06. The van der Waals surface area contributed by atoms with E-state index >= 15 is 0 Å². The maximum absolute atomic E-state index is 12.0. The summed E-state index contributed by atoms with van der Waals surface area (Å²) in [6.07, 6.45) is 0. The molecule has 0 bridgehead atoms. The number of thioether (sulfide) groups is 1. The highest BCUT2D eigenvalue weighted by Gasteiger charge is 2.03. The molecule has 0 atom stereocenters. The van der Waals surface area contributed by atoms with Gasteiger partial charge in [-0.3, -0.25) is 4.39 Å². The van der Waals surface area contributed by atoms with E-state index < -0.39 is 0 Å². The number of nitrogens with zero attached hydrogens (tertiary/aromatic N) is 1. The number of rotatable bonds is 3. The third-order valence-electron chi connectivity index (χ3n) is 1.83. The van der Waals surface area contributed by atoms with Crippen molar-refractivity contribution in [3.63, 3.8) is 0 Å². The number of aromatic nitrogens is 1. The standard InChI is InChI=1S/C9H9BFNS2/c10-6-1-2-7-8(5-6)14-9(12-7)13-4-3-11/h1-2,5H,3-4,10H2. The highest BCUT2D eigenvalue weighted by Crippen LogP contribution is 2.28. The molecule has 0 amide bonds. The minimum absolute atomic E-state index is 0.292. The largest absolute Gasteiger partial charge is 0.250 e. The summed E-state index contributed by atoms with van der Waals surface area (Å²) in [6.45, 7) is -0.292. The van der Waals surface area contributed by atoms with E-state index in [0.29, 0.717) is 5.75 Å². The Kier molecular flexibility index (Phi) is 3.08. The van der Waals surface area contributed by atoms with Gasteiger partial charge in [0, 0.05) is 5.75 Å². The van der Waals surface area contributed by atoms with Crippen LogP contribution in [0.15, 0.2) is 22.5 Å². The first kappa shape index (κ1) is 9.99. The first-order valence-corrected chi connectivity index (χ1v) is 6.16. The van der Waals surface area contributed by atoms with Gasteiger partial charge in [0.2, 0.25) is 0 Å². The Morgan fingerprint density at radius 2 is 2.36 bits per heavy atom. The van der Waals surface area contributed by atoms with Crippen LogP contribution in [0.3, 0.4) is 0 Å². The lowest BCUT2D eigenvalue weighted by molar-refractivity contribution is 0.533. The molecule has 1 aromatic carbocycles. The van der Waals surface area contributed by atoms with Crippen molar-refractivity contribution < 1.29 is 4.39 Å². The van der Waals surface area contributed by atoms with Crippen LogP contribution in [0.1, 0.15) is 0 Å². The van der Waals surface area contributed by atoms with Crippen molar-refractivity contribution in [3.8, 4) is 0 Å². The van der Waals surface area contributed by atoms with Crippen molar-refractivity contribution in [2.75, 3.05) is 12.4 Å². The first-order chi connectivity index (χ1) is 6.79. The Balaban J connectivity index is 2.32. The minimum Gasteiger partial charge on any atom is -0.250 e. The van der Waals surface area contributed by atoms with Gasteiger partial charge in [0.05, 0.1) is 16.9 Å². The van der Waals surface area contributed by atoms with Gasteiger partial charge in [-0.1, -0.05) is 23.3 Å². The molecule has 0 spiro atoms. The molecule has 0 aliphatic heterocycles. The Morgan fingerprint density at radius 1 is 1.50 bits per heavy atom. The molecule has 14 heavy (non-hydrogen) atoms. The van der Waals surface area contributed by atoms with E-state index in [4.69, 9.17) is 0 Å². The lowest BCUT2D eigenvalue weighted by atomic mass is 9.97. The van der Waals surface area contributed by atoms with Gasteiger partial charge in [-0.15, -0.1) is 11.3 Å². The molecule has 2 aromatic rings. The molecule has 1 aromatic heterocycles. The molecule has 0 aliphatic carbocycles. The molecule has 1 nitrogen and oxygen atoms in total. The highest BCUT2D eigenvalue weighted by molar-refractivity contribution is 8.01. The summed E-state index contributed by atoms with van der Waals surface area (Å²) in [5, 5.41) is 0. The van der Waals surface area contributed by atoms with Crippen molar-refractivity contribution in [3.05, 3.63) is 18.2 Å². The zero-order valence-corrected chi connectivity index (χ0v) is 9.42. The second kappa shape index (κ2) is 4.32. The fourth-order valence-corrected chi connectivity index (χ4v) is 3.16. The van der Waals surface area contributed by atoms with E-state index in [1.807, 2.05) is 12.1 Å². The van der Waals surface area contributed by atoms with Crippen LogP contribution in [0.25, 0.3) is 10.2 Å². The van der Waals surface area contributed by atoms with Crippen LogP contribution >= 0.6 is 23.1 Å². The Hall–Kier alpha value is -0.545. The Labute approximate surface area is 91.1 Å². The number of hydrogen-bond donors (Lipinski definition) is 0. The van der Waals surface area contributed by atoms with E-state index in [-0.39, 0.29) is 6.67 Å². The predicted octanol–water partition coefficient (Wildman–Crippen LogP) is 1.62. The van der Waals surface area contributed by atoms with Gasteiger partial charge in [0.1, 0.15) is 7.85 Å². The molecule has 0 fully saturated rings. The van der Waals surface area contributed by atoms with Crippen LogP contribution in [-0.4, -0.2) is 25.3 Å². The fourth-order valence-electron chi connectivity index (χ4n) is 1.20. The van der Waals surface area contributed by atoms with Gasteiger partial charge >= 0.3 is 0 Å². The summed E-state index contributed by atoms with van der Waals surface area (Å²) >= 11 is 3.12. The number of fused-ring (bicyclic) bond motifs is 1. The summed E-state index contributed by atoms with van der Waals surface area (Å²) in [6, 6.07) is 6.18. The highest BCUT2D eigenvalue weighted by atomic mass is 32.2. The lowest BCUT2D eigenvalue weighted by Crippen LogP contribution is -1.98. The van der Waals surface area contributed by atoms with Crippen molar-refractivity contribution in [2.45, 2.75) is 4.34 Å². The average Bonchev–Trinajstić information content (AvgIpc) is 2.56. The van der Waals surface area contributed by atoms with Gasteiger partial charge in [0.25, 0.3) is 0 Å². The summed E-state index contributed by atoms with van der Waals surface area (Å²) in [5.74, 6) is 0.499. The van der Waals surface area contributed by atoms with E-state index in [0.717, 1.165) is 9.86 Å². The van der Waals surface area contributed by atoms with E-state index in [1.54, 1.807) is 11.3 Å². The molecule has 0 unspecified atom stereocenters. The van der Waals surface area contributed by atoms with Crippen LogP contribution < -0.4 is 5.46 Å². The first-order valence-electron chi connectivity index (χ1n) is 4.35. The second-order valence-electron chi connectivity index (χ2n) is 2.99. The lowest BCUT2D eigenvalue weighted by Gasteiger charge is -1.88. The maximum atomic E-state index is 12.0. The predicted molar refractivity (Wildman–Crippen MR) is 64.5 cm³/mol. The SMILES string of the molecule is Bc1ccc2nc(SCCF)sc2c1. The molecule has 0 saturated carbocycles. The molecular formula is C9H9BFNS2. The molecule has 2 rings (SSSR count). The third-order valence-corrected chi connectivity index (χ3v) is 3.94. The normalized spacial score (nSPS) is 10.9. The number of hydrogen-bond acceptors (Lipinski definition) is 3. The summed E-state index contributed by atoms with van der Waals surface area (Å²) in [4.78, 5) is 4.41. The van der Waals surface area contributed by atoms with Gasteiger partial charge in [-0.25, -0.2) is 4.98 Å². The molecule has 0 aliphatic rings. The van der Waals surface area contributed by atoms with Crippen molar-refractivity contribution in [2.24, 2.45) is 0 Å². The fraction of sp³-hybridized carbons (Fsp3) is 0.222. The molecule has 0 N–H and O–H groups in total. The molecule has 0 radical (unpaired) electrons. The van der Waals surface area contributed by atoms with Crippen LogP contribution in [0.5, 0.6) is 0 Å². The number of halogens is 1. The van der Waals surface area contributed by atoms with Crippen molar-refractivity contribution in [1.29, 1.82) is 0 Å². The quantitative estimate of drug-likeness (QED) is 0.581. The molecule has 5 heteroatoms. The second-order valence-corrected chi connectivity index (χ2v) is 5.36. The maximum Gasteiger partial charge on any atom is 0.151 e. The molecule has 72 valence electrons. The number of benzene rings is 1. The van der Waals surface area contributed by atoms with E-state index in [2.05, 4.69) is 18.9 Å². The minimum atomic E-state index is -0.292. The van der Waals surface area contributed by atoms with Crippen molar-refractivity contribution >= 4 is 46.6 Å². The average molecular weight is 225 g/mol. The van der Waals surface area contributed by atoms with Crippen molar-refractivity contribution in [1.82, 2.24) is 4.98 Å². The Morgan fingerprint density at radius 3 is 3.14 bits per heavy atom. The number of thiazole rings is 1. The van der Waals surface area contributed by atoms with Crippen LogP contribution in [0.4, 0.5) is 4.39 Å². The number of alkyl halides is 1. The van der Waals surface area contributed by atoms with Gasteiger partial charge < -0.3 is 0 Å². The third kappa shape index (κ3) is 2.09.